The molecule has 29 heavy (non-hydrogen) atoms. The van der Waals surface area contributed by atoms with Crippen LogP contribution in [-0.4, -0.2) is 33.1 Å². The Balaban J connectivity index is 1.47. The van der Waals surface area contributed by atoms with Gasteiger partial charge < -0.3 is 15.7 Å². The van der Waals surface area contributed by atoms with Gasteiger partial charge >= 0.3 is 0 Å². The van der Waals surface area contributed by atoms with E-state index in [4.69, 9.17) is 0 Å². The monoisotopic (exact) mass is 410 g/mol. The molecule has 0 spiro atoms. The number of benzene rings is 1. The van der Waals surface area contributed by atoms with Gasteiger partial charge in [0.2, 0.25) is 0 Å². The molecule has 0 fully saturated rings. The fourth-order valence-electron chi connectivity index (χ4n) is 3.60. The zero-order chi connectivity index (χ0) is 20.4. The van der Waals surface area contributed by atoms with Gasteiger partial charge in [-0.05, 0) is 62.8 Å². The van der Waals surface area contributed by atoms with E-state index >= 15 is 0 Å². The summed E-state index contributed by atoms with van der Waals surface area (Å²) in [6.45, 7) is 4.09. The number of rotatable bonds is 6. The van der Waals surface area contributed by atoms with E-state index in [9.17, 15) is 9.90 Å². The van der Waals surface area contributed by atoms with Crippen molar-refractivity contribution in [1.82, 2.24) is 15.3 Å². The number of amides is 1. The van der Waals surface area contributed by atoms with Crippen LogP contribution in [0.15, 0.2) is 30.6 Å². The summed E-state index contributed by atoms with van der Waals surface area (Å²) in [6, 6.07) is 7.49. The fourth-order valence-corrected chi connectivity index (χ4v) is 4.83. The lowest BCUT2D eigenvalue weighted by atomic mass is 9.97. The molecule has 0 unspecified atom stereocenters. The lowest BCUT2D eigenvalue weighted by Crippen LogP contribution is -2.46. The second-order valence-corrected chi connectivity index (χ2v) is 9.24. The number of carbonyl (C=O) groups excluding carboxylic acids is 1. The van der Waals surface area contributed by atoms with E-state index in [0.717, 1.165) is 29.1 Å². The summed E-state index contributed by atoms with van der Waals surface area (Å²) in [5.41, 5.74) is 2.42. The number of aliphatic hydroxyl groups is 1. The Hall–Kier alpha value is -2.51. The minimum absolute atomic E-state index is 0.111. The molecule has 4 rings (SSSR count). The second-order valence-electron chi connectivity index (χ2n) is 8.16. The molecule has 2 aromatic heterocycles. The molecule has 1 aliphatic rings. The van der Waals surface area contributed by atoms with E-state index in [1.165, 1.54) is 28.7 Å². The fraction of sp³-hybridized carbons (Fsp3) is 0.409. The first kappa shape index (κ1) is 19.8. The molecule has 7 heteroatoms. The Labute approximate surface area is 174 Å². The Bertz CT molecular complexity index is 1030. The predicted molar refractivity (Wildman–Crippen MR) is 116 cm³/mol. The van der Waals surface area contributed by atoms with E-state index < -0.39 is 5.54 Å². The molecule has 6 nitrogen and oxygen atoms in total. The van der Waals surface area contributed by atoms with Gasteiger partial charge in [0.15, 0.2) is 0 Å². The maximum Gasteiger partial charge on any atom is 0.251 e. The van der Waals surface area contributed by atoms with Crippen LogP contribution < -0.4 is 10.6 Å². The van der Waals surface area contributed by atoms with Gasteiger partial charge in [0.1, 0.15) is 17.0 Å². The van der Waals surface area contributed by atoms with E-state index in [1.54, 1.807) is 31.5 Å². The van der Waals surface area contributed by atoms with Gasteiger partial charge in [-0.25, -0.2) is 9.97 Å². The van der Waals surface area contributed by atoms with Gasteiger partial charge in [-0.2, -0.15) is 0 Å². The van der Waals surface area contributed by atoms with E-state index in [2.05, 4.69) is 20.6 Å². The highest BCUT2D eigenvalue weighted by molar-refractivity contribution is 7.19. The number of thiophene rings is 1. The van der Waals surface area contributed by atoms with Crippen molar-refractivity contribution in [2.24, 2.45) is 0 Å². The summed E-state index contributed by atoms with van der Waals surface area (Å²) in [4.78, 5) is 23.8. The summed E-state index contributed by atoms with van der Waals surface area (Å²) >= 11 is 1.79. The highest BCUT2D eigenvalue weighted by Crippen LogP contribution is 2.38. The SMILES string of the molecule is CC(C)(CO)NC(=O)c1ccc(CNc2ncnc3sc4c(c23)CCCC4)cc1. The van der Waals surface area contributed by atoms with Crippen molar-refractivity contribution in [3.8, 4) is 0 Å². The van der Waals surface area contributed by atoms with Crippen molar-refractivity contribution in [2.75, 3.05) is 11.9 Å². The molecule has 0 aliphatic heterocycles. The minimum Gasteiger partial charge on any atom is -0.394 e. The van der Waals surface area contributed by atoms with Crippen LogP contribution >= 0.6 is 11.3 Å². The molecule has 1 amide bonds. The first-order valence-electron chi connectivity index (χ1n) is 9.98. The lowest BCUT2D eigenvalue weighted by molar-refractivity contribution is 0.0869. The van der Waals surface area contributed by atoms with Crippen molar-refractivity contribution in [2.45, 2.75) is 51.6 Å². The summed E-state index contributed by atoms with van der Waals surface area (Å²) < 4.78 is 0. The van der Waals surface area contributed by atoms with E-state index in [1.807, 2.05) is 24.3 Å². The van der Waals surface area contributed by atoms with E-state index in [-0.39, 0.29) is 12.5 Å². The molecule has 2 heterocycles. The minimum atomic E-state index is -0.643. The van der Waals surface area contributed by atoms with Crippen molar-refractivity contribution in [1.29, 1.82) is 0 Å². The average molecular weight is 411 g/mol. The number of aryl methyl sites for hydroxylation is 2. The molecule has 0 radical (unpaired) electrons. The quantitative estimate of drug-likeness (QED) is 0.577. The molecule has 0 atom stereocenters. The largest absolute Gasteiger partial charge is 0.394 e. The van der Waals surface area contributed by atoms with Gasteiger partial charge in [0.25, 0.3) is 5.91 Å². The van der Waals surface area contributed by atoms with Crippen LogP contribution in [0.1, 0.15) is 53.1 Å². The van der Waals surface area contributed by atoms with Crippen molar-refractivity contribution in [3.05, 3.63) is 52.2 Å². The number of hydrogen-bond acceptors (Lipinski definition) is 6. The number of hydrogen-bond donors (Lipinski definition) is 3. The van der Waals surface area contributed by atoms with Crippen molar-refractivity contribution < 1.29 is 9.90 Å². The Morgan fingerprint density at radius 3 is 2.69 bits per heavy atom. The molecule has 152 valence electrons. The number of fused-ring (bicyclic) bond motifs is 3. The van der Waals surface area contributed by atoms with Crippen LogP contribution in [0.25, 0.3) is 10.2 Å². The summed E-state index contributed by atoms with van der Waals surface area (Å²) in [5, 5.41) is 16.8. The Morgan fingerprint density at radius 1 is 1.17 bits per heavy atom. The molecule has 1 aliphatic carbocycles. The molecule has 3 N–H and O–H groups in total. The maximum absolute atomic E-state index is 12.3. The number of nitrogens with zero attached hydrogens (tertiary/aromatic N) is 2. The molecule has 1 aromatic carbocycles. The summed E-state index contributed by atoms with van der Waals surface area (Å²) in [5.74, 6) is 0.701. The number of anilines is 1. The normalized spacial score (nSPS) is 13.9. The third-order valence-electron chi connectivity index (χ3n) is 5.27. The Kier molecular flexibility index (Phi) is 5.52. The Morgan fingerprint density at radius 2 is 1.93 bits per heavy atom. The summed E-state index contributed by atoms with van der Waals surface area (Å²) in [6.07, 6.45) is 6.36. The third kappa shape index (κ3) is 4.26. The van der Waals surface area contributed by atoms with Crippen LogP contribution in [0.4, 0.5) is 5.82 Å². The van der Waals surface area contributed by atoms with Crippen LogP contribution in [0.5, 0.6) is 0 Å². The molecule has 0 saturated heterocycles. The number of carbonyl (C=O) groups is 1. The summed E-state index contributed by atoms with van der Waals surface area (Å²) in [7, 11) is 0. The smallest absolute Gasteiger partial charge is 0.251 e. The van der Waals surface area contributed by atoms with Crippen molar-refractivity contribution >= 4 is 33.3 Å². The van der Waals surface area contributed by atoms with Crippen LogP contribution in [0.2, 0.25) is 0 Å². The van der Waals surface area contributed by atoms with Crippen LogP contribution in [-0.2, 0) is 19.4 Å². The molecular weight excluding hydrogens is 384 g/mol. The zero-order valence-electron chi connectivity index (χ0n) is 16.8. The van der Waals surface area contributed by atoms with Gasteiger partial charge in [0, 0.05) is 17.0 Å². The maximum atomic E-state index is 12.3. The molecular formula is C22H26N4O2S. The first-order chi connectivity index (χ1) is 14.0. The molecule has 3 aromatic rings. The van der Waals surface area contributed by atoms with E-state index in [0.29, 0.717) is 12.1 Å². The third-order valence-corrected chi connectivity index (χ3v) is 6.47. The lowest BCUT2D eigenvalue weighted by Gasteiger charge is -2.23. The van der Waals surface area contributed by atoms with Gasteiger partial charge in [-0.3, -0.25) is 4.79 Å². The second kappa shape index (κ2) is 8.08. The average Bonchev–Trinajstić information content (AvgIpc) is 3.11. The van der Waals surface area contributed by atoms with Crippen molar-refractivity contribution in [3.63, 3.8) is 0 Å². The number of aliphatic hydroxyl groups excluding tert-OH is 1. The number of nitrogens with one attached hydrogen (secondary N) is 2. The molecule has 0 saturated carbocycles. The van der Waals surface area contributed by atoms with Gasteiger partial charge in [0.05, 0.1) is 17.5 Å². The van der Waals surface area contributed by atoms with Gasteiger partial charge in [-0.1, -0.05) is 12.1 Å². The highest BCUT2D eigenvalue weighted by atomic mass is 32.1. The topological polar surface area (TPSA) is 87.1 Å². The molecule has 0 bridgehead atoms. The van der Waals surface area contributed by atoms with Gasteiger partial charge in [-0.15, -0.1) is 11.3 Å². The standard InChI is InChI=1S/C22H26N4O2S/c1-22(2,12-27)26-20(28)15-9-7-14(8-10-15)11-23-19-18-16-5-3-4-6-17(16)29-21(18)25-13-24-19/h7-10,13,27H,3-6,11-12H2,1-2H3,(H,26,28)(H,23,24,25). The van der Waals surface area contributed by atoms with Crippen LogP contribution in [0.3, 0.4) is 0 Å². The highest BCUT2D eigenvalue weighted by Gasteiger charge is 2.21. The zero-order valence-corrected chi connectivity index (χ0v) is 17.6. The first-order valence-corrected chi connectivity index (χ1v) is 10.8. The predicted octanol–water partition coefficient (Wildman–Crippen LogP) is 3.68. The van der Waals surface area contributed by atoms with Crippen LogP contribution in [0, 0.1) is 0 Å². The number of aromatic nitrogens is 2.